The zero-order chi connectivity index (χ0) is 17.6. The van der Waals surface area contributed by atoms with Gasteiger partial charge in [0.25, 0.3) is 5.56 Å². The van der Waals surface area contributed by atoms with E-state index in [2.05, 4.69) is 5.32 Å². The third-order valence-electron chi connectivity index (χ3n) is 3.88. The monoisotopic (exact) mass is 346 g/mol. The van der Waals surface area contributed by atoms with Gasteiger partial charge in [0, 0.05) is 12.6 Å². The predicted molar refractivity (Wildman–Crippen MR) is 92.6 cm³/mol. The van der Waals surface area contributed by atoms with Gasteiger partial charge in [-0.15, -0.1) is 0 Å². The highest BCUT2D eigenvalue weighted by atomic mass is 35.5. The van der Waals surface area contributed by atoms with Crippen LogP contribution in [0.1, 0.15) is 21.5 Å². The maximum Gasteiger partial charge on any atom is 0.343 e. The molecule has 7 heteroatoms. The number of nitrogens with one attached hydrogen (secondary N) is 1. The average molecular weight is 347 g/mol. The van der Waals surface area contributed by atoms with Crippen molar-refractivity contribution < 1.29 is 14.3 Å². The van der Waals surface area contributed by atoms with E-state index in [9.17, 15) is 14.7 Å². The van der Waals surface area contributed by atoms with Gasteiger partial charge < -0.3 is 14.8 Å². The molecule has 0 unspecified atom stereocenters. The summed E-state index contributed by atoms with van der Waals surface area (Å²) in [6, 6.07) is 5.31. The number of rotatable bonds is 3. The molecule has 3 aromatic rings. The van der Waals surface area contributed by atoms with Crippen LogP contribution in [-0.2, 0) is 7.05 Å². The van der Waals surface area contributed by atoms with Gasteiger partial charge in [0.2, 0.25) is 0 Å². The Labute approximate surface area is 142 Å². The van der Waals surface area contributed by atoms with E-state index in [1.807, 2.05) is 13.0 Å². The number of fused-ring (bicyclic) bond motifs is 1. The quantitative estimate of drug-likeness (QED) is 0.752. The lowest BCUT2D eigenvalue weighted by atomic mass is 10.1. The smallest absolute Gasteiger partial charge is 0.343 e. The highest BCUT2D eigenvalue weighted by Crippen LogP contribution is 2.31. The Morgan fingerprint density at radius 2 is 2.04 bits per heavy atom. The molecule has 3 rings (SSSR count). The highest BCUT2D eigenvalue weighted by Gasteiger charge is 2.24. The Morgan fingerprint density at radius 1 is 1.33 bits per heavy atom. The van der Waals surface area contributed by atoms with Gasteiger partial charge in [-0.3, -0.25) is 9.36 Å². The minimum atomic E-state index is -1.20. The molecule has 0 amide bonds. The van der Waals surface area contributed by atoms with Gasteiger partial charge in [-0.25, -0.2) is 4.79 Å². The average Bonchev–Trinajstić information content (AvgIpc) is 2.88. The fourth-order valence-electron chi connectivity index (χ4n) is 2.63. The summed E-state index contributed by atoms with van der Waals surface area (Å²) in [6.07, 6.45) is 1.38. The number of furan rings is 1. The number of anilines is 2. The summed E-state index contributed by atoms with van der Waals surface area (Å²) in [7, 11) is 1.51. The molecule has 0 bridgehead atoms. The third kappa shape index (κ3) is 2.45. The summed E-state index contributed by atoms with van der Waals surface area (Å²) < 4.78 is 6.59. The van der Waals surface area contributed by atoms with Crippen LogP contribution in [0.4, 0.5) is 11.5 Å². The molecule has 0 saturated carbocycles. The first kappa shape index (κ1) is 16.1. The Kier molecular flexibility index (Phi) is 3.85. The van der Waals surface area contributed by atoms with Gasteiger partial charge in [0.15, 0.2) is 5.58 Å². The molecule has 1 aromatic carbocycles. The van der Waals surface area contributed by atoms with E-state index >= 15 is 0 Å². The van der Waals surface area contributed by atoms with Crippen LogP contribution < -0.4 is 10.9 Å². The molecule has 0 atom stereocenters. The molecule has 0 aliphatic rings. The van der Waals surface area contributed by atoms with E-state index < -0.39 is 5.97 Å². The van der Waals surface area contributed by atoms with E-state index in [1.54, 1.807) is 19.1 Å². The number of pyridine rings is 1. The molecule has 2 heterocycles. The van der Waals surface area contributed by atoms with Crippen molar-refractivity contribution in [1.29, 1.82) is 0 Å². The second-order valence-corrected chi connectivity index (χ2v) is 6.03. The number of carbonyl (C=O) groups is 1. The van der Waals surface area contributed by atoms with E-state index in [0.717, 1.165) is 5.56 Å². The molecular formula is C17H15ClN2O4. The van der Waals surface area contributed by atoms with Crippen molar-refractivity contribution >= 4 is 40.0 Å². The Bertz CT molecular complexity index is 1030. The predicted octanol–water partition coefficient (Wildman–Crippen LogP) is 3.84. The number of nitrogens with zero attached hydrogens (tertiary/aromatic N) is 1. The SMILES string of the molecule is Cc1ccc(Nc2c(C(=O)O)c3occ(C)c3c(=O)n2C)c(Cl)c1. The summed E-state index contributed by atoms with van der Waals surface area (Å²) in [5.74, 6) is -1.09. The molecule has 2 aromatic heterocycles. The zero-order valence-corrected chi connectivity index (χ0v) is 14.1. The van der Waals surface area contributed by atoms with Crippen LogP contribution >= 0.6 is 11.6 Å². The zero-order valence-electron chi connectivity index (χ0n) is 13.3. The number of benzene rings is 1. The molecule has 0 aliphatic carbocycles. The molecule has 2 N–H and O–H groups in total. The minimum Gasteiger partial charge on any atom is -0.477 e. The van der Waals surface area contributed by atoms with Crippen molar-refractivity contribution in [3.63, 3.8) is 0 Å². The third-order valence-corrected chi connectivity index (χ3v) is 4.20. The van der Waals surface area contributed by atoms with Crippen molar-refractivity contribution in [2.75, 3.05) is 5.32 Å². The second-order valence-electron chi connectivity index (χ2n) is 5.62. The summed E-state index contributed by atoms with van der Waals surface area (Å²) in [5, 5.41) is 13.3. The van der Waals surface area contributed by atoms with Gasteiger partial charge in [-0.1, -0.05) is 17.7 Å². The maximum atomic E-state index is 12.6. The lowest BCUT2D eigenvalue weighted by Gasteiger charge is -2.15. The molecule has 0 saturated heterocycles. The van der Waals surface area contributed by atoms with Crippen LogP contribution in [0.15, 0.2) is 33.7 Å². The van der Waals surface area contributed by atoms with Gasteiger partial charge in [0.1, 0.15) is 11.4 Å². The van der Waals surface area contributed by atoms with Crippen LogP contribution in [0.3, 0.4) is 0 Å². The van der Waals surface area contributed by atoms with Crippen LogP contribution in [-0.4, -0.2) is 15.6 Å². The Hall–Kier alpha value is -2.73. The van der Waals surface area contributed by atoms with E-state index in [-0.39, 0.29) is 27.9 Å². The number of carboxylic acids is 1. The summed E-state index contributed by atoms with van der Waals surface area (Å²) >= 11 is 6.21. The normalized spacial score (nSPS) is 11.0. The highest BCUT2D eigenvalue weighted by molar-refractivity contribution is 6.33. The first-order valence-corrected chi connectivity index (χ1v) is 7.56. The topological polar surface area (TPSA) is 84.5 Å². The Morgan fingerprint density at radius 3 is 2.67 bits per heavy atom. The molecule has 0 spiro atoms. The van der Waals surface area contributed by atoms with E-state index in [0.29, 0.717) is 16.3 Å². The first-order chi connectivity index (χ1) is 11.3. The van der Waals surface area contributed by atoms with Crippen molar-refractivity contribution in [3.8, 4) is 0 Å². The van der Waals surface area contributed by atoms with Crippen molar-refractivity contribution in [2.24, 2.45) is 7.05 Å². The lowest BCUT2D eigenvalue weighted by molar-refractivity contribution is 0.0698. The van der Waals surface area contributed by atoms with Gasteiger partial charge in [0.05, 0.1) is 22.4 Å². The molecular weight excluding hydrogens is 332 g/mol. The molecule has 24 heavy (non-hydrogen) atoms. The summed E-state index contributed by atoms with van der Waals surface area (Å²) in [5.41, 5.74) is 1.66. The fourth-order valence-corrected chi connectivity index (χ4v) is 2.91. The number of carboxylic acid groups (broad SMARTS) is 1. The number of aromatic carboxylic acids is 1. The number of halogens is 1. The molecule has 0 aliphatic heterocycles. The maximum absolute atomic E-state index is 12.6. The standard InChI is InChI=1S/C17H15ClN2O4/c1-8-4-5-11(10(18)6-8)19-15-13(17(22)23)14-12(9(2)7-24-14)16(21)20(15)3/h4-7,19H,1-3H3,(H,22,23). The Balaban J connectivity index is 2.31. The lowest BCUT2D eigenvalue weighted by Crippen LogP contribution is -2.23. The fraction of sp³-hybridized carbons (Fsp3) is 0.176. The van der Waals surface area contributed by atoms with Gasteiger partial charge in [-0.05, 0) is 31.5 Å². The van der Waals surface area contributed by atoms with Crippen molar-refractivity contribution in [3.05, 3.63) is 56.5 Å². The molecule has 0 fully saturated rings. The molecule has 6 nitrogen and oxygen atoms in total. The summed E-state index contributed by atoms with van der Waals surface area (Å²) in [4.78, 5) is 24.4. The number of hydrogen-bond donors (Lipinski definition) is 2. The van der Waals surface area contributed by atoms with Crippen LogP contribution in [0.2, 0.25) is 5.02 Å². The minimum absolute atomic E-state index is 0.0498. The molecule has 124 valence electrons. The van der Waals surface area contributed by atoms with E-state index in [1.165, 1.54) is 17.9 Å². The number of aromatic nitrogens is 1. The van der Waals surface area contributed by atoms with Crippen LogP contribution in [0.5, 0.6) is 0 Å². The summed E-state index contributed by atoms with van der Waals surface area (Å²) in [6.45, 7) is 3.59. The second kappa shape index (κ2) is 5.72. The number of hydrogen-bond acceptors (Lipinski definition) is 4. The van der Waals surface area contributed by atoms with Gasteiger partial charge in [-0.2, -0.15) is 0 Å². The van der Waals surface area contributed by atoms with Crippen LogP contribution in [0.25, 0.3) is 11.0 Å². The van der Waals surface area contributed by atoms with Crippen molar-refractivity contribution in [1.82, 2.24) is 4.57 Å². The molecule has 0 radical (unpaired) electrons. The first-order valence-electron chi connectivity index (χ1n) is 7.18. The van der Waals surface area contributed by atoms with E-state index in [4.69, 9.17) is 16.0 Å². The van der Waals surface area contributed by atoms with Crippen molar-refractivity contribution in [2.45, 2.75) is 13.8 Å². The van der Waals surface area contributed by atoms with Gasteiger partial charge >= 0.3 is 5.97 Å². The van der Waals surface area contributed by atoms with Crippen LogP contribution in [0, 0.1) is 13.8 Å². The number of aryl methyl sites for hydroxylation is 2. The largest absolute Gasteiger partial charge is 0.477 e.